The fourth-order valence-corrected chi connectivity index (χ4v) is 3.24. The monoisotopic (exact) mass is 407 g/mol. The first-order chi connectivity index (χ1) is 10.0. The van der Waals surface area contributed by atoms with Gasteiger partial charge < -0.3 is 10.1 Å². The van der Waals surface area contributed by atoms with Crippen LogP contribution in [0.1, 0.15) is 12.5 Å². The van der Waals surface area contributed by atoms with Crippen molar-refractivity contribution < 1.29 is 4.74 Å². The van der Waals surface area contributed by atoms with Crippen LogP contribution in [0.3, 0.4) is 0 Å². The van der Waals surface area contributed by atoms with Crippen LogP contribution in [0.25, 0.3) is 0 Å². The van der Waals surface area contributed by atoms with Crippen molar-refractivity contribution in [1.29, 1.82) is 0 Å². The number of rotatable bonds is 5. The Balaban J connectivity index is 2.22. The van der Waals surface area contributed by atoms with Gasteiger partial charge in [-0.1, -0.05) is 40.9 Å². The Labute approximate surface area is 147 Å². The van der Waals surface area contributed by atoms with Crippen molar-refractivity contribution in [3.05, 3.63) is 55.4 Å². The molecule has 0 unspecified atom stereocenters. The quantitative estimate of drug-likeness (QED) is 0.615. The zero-order valence-electron chi connectivity index (χ0n) is 11.2. The van der Waals surface area contributed by atoms with E-state index in [0.29, 0.717) is 28.2 Å². The van der Waals surface area contributed by atoms with Crippen LogP contribution in [-0.4, -0.2) is 6.61 Å². The van der Waals surface area contributed by atoms with E-state index in [2.05, 4.69) is 21.2 Å². The third-order valence-electron chi connectivity index (χ3n) is 2.78. The zero-order chi connectivity index (χ0) is 15.4. The second-order valence-electron chi connectivity index (χ2n) is 4.29. The molecule has 0 aliphatic carbocycles. The van der Waals surface area contributed by atoms with Crippen molar-refractivity contribution in [1.82, 2.24) is 0 Å². The van der Waals surface area contributed by atoms with Crippen LogP contribution < -0.4 is 10.1 Å². The number of anilines is 1. The molecule has 21 heavy (non-hydrogen) atoms. The van der Waals surface area contributed by atoms with Crippen LogP contribution in [0, 0.1) is 0 Å². The van der Waals surface area contributed by atoms with Crippen molar-refractivity contribution in [2.45, 2.75) is 13.5 Å². The molecule has 0 spiro atoms. The molecular weight excluding hydrogens is 396 g/mol. The number of halogens is 4. The van der Waals surface area contributed by atoms with Gasteiger partial charge in [-0.15, -0.1) is 0 Å². The van der Waals surface area contributed by atoms with E-state index in [0.717, 1.165) is 21.5 Å². The molecule has 2 aromatic rings. The number of ether oxygens (including phenoxy) is 1. The fourth-order valence-electron chi connectivity index (χ4n) is 1.84. The highest BCUT2D eigenvalue weighted by molar-refractivity contribution is 9.10. The predicted molar refractivity (Wildman–Crippen MR) is 94.1 cm³/mol. The van der Waals surface area contributed by atoms with Crippen LogP contribution in [0.2, 0.25) is 15.1 Å². The van der Waals surface area contributed by atoms with E-state index in [1.54, 1.807) is 12.1 Å². The molecule has 6 heteroatoms. The van der Waals surface area contributed by atoms with Crippen LogP contribution in [-0.2, 0) is 6.54 Å². The van der Waals surface area contributed by atoms with Crippen LogP contribution in [0.4, 0.5) is 5.69 Å². The summed E-state index contributed by atoms with van der Waals surface area (Å²) in [6, 6.07) is 9.03. The summed E-state index contributed by atoms with van der Waals surface area (Å²) in [5, 5.41) is 5.14. The van der Waals surface area contributed by atoms with E-state index in [1.165, 1.54) is 0 Å². The van der Waals surface area contributed by atoms with Gasteiger partial charge in [-0.05, 0) is 52.7 Å². The third-order valence-corrected chi connectivity index (χ3v) is 4.18. The standard InChI is InChI=1S/C15H13BrCl3NO/c1-2-21-15-12(16)5-11(18)7-14(15)20-8-9-3-4-10(17)6-13(9)19/h3-7,20H,2,8H2,1H3. The molecule has 0 aliphatic rings. The molecule has 0 saturated heterocycles. The maximum Gasteiger partial charge on any atom is 0.156 e. The lowest BCUT2D eigenvalue weighted by molar-refractivity contribution is 0.339. The molecule has 0 saturated carbocycles. The smallest absolute Gasteiger partial charge is 0.156 e. The molecule has 2 nitrogen and oxygen atoms in total. The lowest BCUT2D eigenvalue weighted by atomic mass is 10.2. The number of nitrogens with one attached hydrogen (secondary N) is 1. The minimum absolute atomic E-state index is 0.545. The van der Waals surface area contributed by atoms with Gasteiger partial charge in [0, 0.05) is 21.6 Å². The van der Waals surface area contributed by atoms with Crippen molar-refractivity contribution in [2.75, 3.05) is 11.9 Å². The normalized spacial score (nSPS) is 10.5. The summed E-state index contributed by atoms with van der Waals surface area (Å²) in [6.45, 7) is 3.04. The van der Waals surface area contributed by atoms with Gasteiger partial charge in [-0.25, -0.2) is 0 Å². The minimum atomic E-state index is 0.545. The van der Waals surface area contributed by atoms with Gasteiger partial charge >= 0.3 is 0 Å². The summed E-state index contributed by atoms with van der Waals surface area (Å²) >= 11 is 21.6. The summed E-state index contributed by atoms with van der Waals surface area (Å²) in [7, 11) is 0. The molecule has 0 heterocycles. The number of hydrogen-bond donors (Lipinski definition) is 1. The Morgan fingerprint density at radius 3 is 2.52 bits per heavy atom. The highest BCUT2D eigenvalue weighted by Gasteiger charge is 2.11. The summed E-state index contributed by atoms with van der Waals surface area (Å²) in [5.74, 6) is 0.729. The maximum absolute atomic E-state index is 6.17. The molecule has 1 N–H and O–H groups in total. The Hall–Kier alpha value is -0.610. The minimum Gasteiger partial charge on any atom is -0.491 e. The molecule has 0 aliphatic heterocycles. The second-order valence-corrected chi connectivity index (χ2v) is 6.42. The molecule has 0 radical (unpaired) electrons. The van der Waals surface area contributed by atoms with Gasteiger partial charge in [0.25, 0.3) is 0 Å². The van der Waals surface area contributed by atoms with E-state index in [9.17, 15) is 0 Å². The van der Waals surface area contributed by atoms with E-state index < -0.39 is 0 Å². The summed E-state index contributed by atoms with van der Waals surface area (Å²) in [5.41, 5.74) is 1.75. The Bertz CT molecular complexity index is 649. The summed E-state index contributed by atoms with van der Waals surface area (Å²) < 4.78 is 6.45. The molecule has 112 valence electrons. The maximum atomic E-state index is 6.17. The average Bonchev–Trinajstić information content (AvgIpc) is 2.41. The number of hydrogen-bond acceptors (Lipinski definition) is 2. The lowest BCUT2D eigenvalue weighted by Crippen LogP contribution is -2.04. The van der Waals surface area contributed by atoms with E-state index >= 15 is 0 Å². The van der Waals surface area contributed by atoms with Gasteiger partial charge in [0.1, 0.15) is 0 Å². The summed E-state index contributed by atoms with van der Waals surface area (Å²) in [6.07, 6.45) is 0. The average molecular weight is 410 g/mol. The number of benzene rings is 2. The van der Waals surface area contributed by atoms with E-state index in [1.807, 2.05) is 25.1 Å². The topological polar surface area (TPSA) is 21.3 Å². The Kier molecular flexibility index (Phi) is 6.06. The van der Waals surface area contributed by atoms with Gasteiger partial charge in [0.15, 0.2) is 5.75 Å². The van der Waals surface area contributed by atoms with E-state index in [4.69, 9.17) is 39.5 Å². The lowest BCUT2D eigenvalue weighted by Gasteiger charge is -2.15. The Morgan fingerprint density at radius 1 is 1.10 bits per heavy atom. The molecule has 0 bridgehead atoms. The van der Waals surface area contributed by atoms with Crippen LogP contribution in [0.15, 0.2) is 34.8 Å². The first-order valence-electron chi connectivity index (χ1n) is 6.31. The molecule has 0 aromatic heterocycles. The van der Waals surface area contributed by atoms with Gasteiger partial charge in [-0.2, -0.15) is 0 Å². The molecule has 0 fully saturated rings. The van der Waals surface area contributed by atoms with Crippen molar-refractivity contribution in [2.24, 2.45) is 0 Å². The van der Waals surface area contributed by atoms with Crippen molar-refractivity contribution >= 4 is 56.4 Å². The van der Waals surface area contributed by atoms with Gasteiger partial charge in [-0.3, -0.25) is 0 Å². The van der Waals surface area contributed by atoms with Crippen LogP contribution in [0.5, 0.6) is 5.75 Å². The summed E-state index contributed by atoms with van der Waals surface area (Å²) in [4.78, 5) is 0. The first-order valence-corrected chi connectivity index (χ1v) is 8.23. The highest BCUT2D eigenvalue weighted by Crippen LogP contribution is 2.37. The Morgan fingerprint density at radius 2 is 1.86 bits per heavy atom. The highest BCUT2D eigenvalue weighted by atomic mass is 79.9. The van der Waals surface area contributed by atoms with Crippen molar-refractivity contribution in [3.63, 3.8) is 0 Å². The molecule has 2 aromatic carbocycles. The van der Waals surface area contributed by atoms with E-state index in [-0.39, 0.29) is 0 Å². The fraction of sp³-hybridized carbons (Fsp3) is 0.200. The third kappa shape index (κ3) is 4.43. The molecule has 0 amide bonds. The molecule has 2 rings (SSSR count). The van der Waals surface area contributed by atoms with Gasteiger partial charge in [0.2, 0.25) is 0 Å². The predicted octanol–water partition coefficient (Wildman–Crippen LogP) is 6.42. The second kappa shape index (κ2) is 7.59. The SMILES string of the molecule is CCOc1c(Br)cc(Cl)cc1NCc1ccc(Cl)cc1Cl. The zero-order valence-corrected chi connectivity index (χ0v) is 15.1. The largest absolute Gasteiger partial charge is 0.491 e. The van der Waals surface area contributed by atoms with Crippen LogP contribution >= 0.6 is 50.7 Å². The van der Waals surface area contributed by atoms with Gasteiger partial charge in [0.05, 0.1) is 16.8 Å². The molecular formula is C15H13BrCl3NO. The molecule has 0 atom stereocenters. The first kappa shape index (κ1) is 16.8. The van der Waals surface area contributed by atoms with Crippen molar-refractivity contribution in [3.8, 4) is 5.75 Å².